The van der Waals surface area contributed by atoms with Gasteiger partial charge in [-0.05, 0) is 24.1 Å². The molecular weight excluding hydrogens is 263 g/mol. The van der Waals surface area contributed by atoms with Crippen LogP contribution in [0, 0.1) is 0 Å². The van der Waals surface area contributed by atoms with Crippen molar-refractivity contribution in [3.8, 4) is 0 Å². The maximum atomic E-state index is 12.3. The Bertz CT molecular complexity index is 768. The molecule has 0 amide bonds. The first kappa shape index (κ1) is 13.4. The summed E-state index contributed by atoms with van der Waals surface area (Å²) in [7, 11) is 1.99. The molecule has 0 saturated carbocycles. The van der Waals surface area contributed by atoms with E-state index < -0.39 is 5.97 Å². The molecule has 0 spiro atoms. The molecule has 0 unspecified atom stereocenters. The Morgan fingerprint density at radius 1 is 1.10 bits per heavy atom. The van der Waals surface area contributed by atoms with Crippen molar-refractivity contribution < 1.29 is 9.53 Å². The van der Waals surface area contributed by atoms with Crippen LogP contribution in [0.4, 0.5) is 0 Å². The average molecular weight is 278 g/mol. The Hall–Kier alpha value is -2.56. The van der Waals surface area contributed by atoms with Gasteiger partial charge in [-0.15, -0.1) is 0 Å². The summed E-state index contributed by atoms with van der Waals surface area (Å²) in [6.07, 6.45) is 0.677. The van der Waals surface area contributed by atoms with Crippen LogP contribution < -0.4 is 0 Å². The van der Waals surface area contributed by atoms with Gasteiger partial charge in [-0.2, -0.15) is 0 Å². The van der Waals surface area contributed by atoms with Crippen LogP contribution >= 0.6 is 0 Å². The summed E-state index contributed by atoms with van der Waals surface area (Å²) in [6, 6.07) is 17.3. The van der Waals surface area contributed by atoms with Gasteiger partial charge in [0, 0.05) is 0 Å². The van der Waals surface area contributed by atoms with Crippen LogP contribution in [-0.4, -0.2) is 23.4 Å². The van der Waals surface area contributed by atoms with Gasteiger partial charge in [0.2, 0.25) is 5.82 Å². The summed E-state index contributed by atoms with van der Waals surface area (Å²) in [5.74, 6) is -0.0356. The minimum absolute atomic E-state index is 0.257. The Morgan fingerprint density at radius 3 is 2.57 bits per heavy atom. The number of rotatable bonds is 4. The molecule has 0 atom stereocenters. The number of nitrogens with zero attached hydrogens (tertiary/aromatic N) is 2. The van der Waals surface area contributed by atoms with Gasteiger partial charge >= 0.3 is 5.97 Å². The van der Waals surface area contributed by atoms with Gasteiger partial charge in [0.25, 0.3) is 0 Å². The zero-order valence-electron chi connectivity index (χ0n) is 11.8. The fourth-order valence-corrected chi connectivity index (χ4v) is 2.34. The number of fused-ring (bicyclic) bond motifs is 1. The van der Waals surface area contributed by atoms with Gasteiger partial charge in [0.05, 0.1) is 11.0 Å². The van der Waals surface area contributed by atoms with E-state index in [1.54, 1.807) is 0 Å². The highest BCUT2D eigenvalue weighted by atomic mass is 16.5. The summed E-state index contributed by atoms with van der Waals surface area (Å²) < 4.78 is 7.24. The number of esters is 1. The van der Waals surface area contributed by atoms with Gasteiger partial charge in [0.1, 0.15) is 14.5 Å². The van der Waals surface area contributed by atoms with Crippen LogP contribution in [0.2, 0.25) is 0 Å². The van der Waals surface area contributed by atoms with E-state index in [-0.39, 0.29) is 6.61 Å². The first-order chi connectivity index (χ1) is 10.3. The molecule has 0 aliphatic heterocycles. The number of hydrogen-bond donors (Lipinski definition) is 0. The normalized spacial score (nSPS) is 10.7. The van der Waals surface area contributed by atoms with Gasteiger partial charge in [-0.1, -0.05) is 42.5 Å². The molecule has 1 heterocycles. The molecule has 0 fully saturated rings. The van der Waals surface area contributed by atoms with E-state index in [1.807, 2.05) is 67.0 Å². The molecule has 2 aromatic carbocycles. The lowest BCUT2D eigenvalue weighted by molar-refractivity contribution is 0.0454. The highest BCUT2D eigenvalue weighted by molar-refractivity contribution is 6.07. The molecule has 3 aromatic rings. The van der Waals surface area contributed by atoms with E-state index in [0.29, 0.717) is 12.3 Å². The summed E-state index contributed by atoms with van der Waals surface area (Å²) >= 11 is 0. The molecule has 4 nitrogen and oxygen atoms in total. The van der Waals surface area contributed by atoms with Crippen molar-refractivity contribution in [2.24, 2.45) is 0 Å². The maximum Gasteiger partial charge on any atom is 0.374 e. The highest BCUT2D eigenvalue weighted by Crippen LogP contribution is 2.16. The van der Waals surface area contributed by atoms with Crippen LogP contribution in [0.1, 0.15) is 16.2 Å². The van der Waals surface area contributed by atoms with E-state index in [2.05, 4.69) is 4.98 Å². The van der Waals surface area contributed by atoms with Crippen molar-refractivity contribution in [3.05, 3.63) is 66.0 Å². The van der Waals surface area contributed by atoms with Crippen molar-refractivity contribution in [2.75, 3.05) is 0 Å². The number of benzene rings is 2. The number of carbonyl (C=O) groups excluding carboxylic acids is 1. The molecule has 3 rings (SSSR count). The predicted octanol–water partition coefficient (Wildman–Crippen LogP) is 1.98. The summed E-state index contributed by atoms with van der Waals surface area (Å²) in [5, 5.41) is 0. The molecule has 0 aliphatic rings. The second kappa shape index (κ2) is 5.83. The maximum absolute atomic E-state index is 12.3. The summed E-state index contributed by atoms with van der Waals surface area (Å²) in [5.41, 5.74) is 2.72. The summed E-state index contributed by atoms with van der Waals surface area (Å²) in [6.45, 7) is 0.257. The standard InChI is InChI=1S/C16H15BN2O2/c17-11-19-14-9-5-4-8-13(14)18-15(19)16(20)21-10-12-6-2-1-3-7-12/h1-9H,10-11,17H2. The van der Waals surface area contributed by atoms with Gasteiger partial charge in [-0.3, -0.25) is 0 Å². The quantitative estimate of drug-likeness (QED) is 0.541. The van der Waals surface area contributed by atoms with Crippen molar-refractivity contribution in [1.82, 2.24) is 9.55 Å². The lowest BCUT2D eigenvalue weighted by atomic mass is 10.1. The lowest BCUT2D eigenvalue weighted by Crippen LogP contribution is -2.13. The largest absolute Gasteiger partial charge is 0.455 e. The number of carbonyl (C=O) groups is 1. The molecule has 0 N–H and O–H groups in total. The van der Waals surface area contributed by atoms with Crippen molar-refractivity contribution in [2.45, 2.75) is 13.1 Å². The monoisotopic (exact) mass is 278 g/mol. The van der Waals surface area contributed by atoms with E-state index in [9.17, 15) is 4.79 Å². The number of aromatic nitrogens is 2. The van der Waals surface area contributed by atoms with Crippen LogP contribution in [-0.2, 0) is 17.8 Å². The lowest BCUT2D eigenvalue weighted by Gasteiger charge is -2.06. The van der Waals surface area contributed by atoms with Gasteiger partial charge in [0.15, 0.2) is 0 Å². The minimum atomic E-state index is -0.392. The minimum Gasteiger partial charge on any atom is -0.455 e. The predicted molar refractivity (Wildman–Crippen MR) is 83.8 cm³/mol. The van der Waals surface area contributed by atoms with Gasteiger partial charge < -0.3 is 9.30 Å². The van der Waals surface area contributed by atoms with Crippen molar-refractivity contribution >= 4 is 24.8 Å². The second-order valence-corrected chi connectivity index (χ2v) is 4.73. The van der Waals surface area contributed by atoms with Crippen LogP contribution in [0.3, 0.4) is 0 Å². The molecule has 104 valence electrons. The Labute approximate surface area is 123 Å². The first-order valence-electron chi connectivity index (χ1n) is 6.96. The molecular formula is C16H15BN2O2. The molecule has 0 radical (unpaired) electrons. The third kappa shape index (κ3) is 2.67. The molecule has 0 bridgehead atoms. The number of ether oxygens (including phenoxy) is 1. The average Bonchev–Trinajstić information content (AvgIpc) is 2.92. The van der Waals surface area contributed by atoms with Crippen molar-refractivity contribution in [3.63, 3.8) is 0 Å². The number of hydrogen-bond acceptors (Lipinski definition) is 3. The van der Waals surface area contributed by atoms with Crippen molar-refractivity contribution in [1.29, 1.82) is 0 Å². The second-order valence-electron chi connectivity index (χ2n) is 4.73. The first-order valence-corrected chi connectivity index (χ1v) is 6.96. The fraction of sp³-hybridized carbons (Fsp3) is 0.125. The Kier molecular flexibility index (Phi) is 3.73. The topological polar surface area (TPSA) is 44.1 Å². The third-order valence-electron chi connectivity index (χ3n) is 3.37. The molecule has 5 heteroatoms. The Balaban J connectivity index is 1.84. The molecule has 0 saturated heterocycles. The van der Waals surface area contributed by atoms with Crippen LogP contribution in [0.25, 0.3) is 11.0 Å². The van der Waals surface area contributed by atoms with Gasteiger partial charge in [-0.25, -0.2) is 9.78 Å². The zero-order valence-corrected chi connectivity index (χ0v) is 11.8. The number of imidazole rings is 1. The molecule has 1 aromatic heterocycles. The molecule has 21 heavy (non-hydrogen) atoms. The smallest absolute Gasteiger partial charge is 0.374 e. The zero-order chi connectivity index (χ0) is 14.7. The van der Waals surface area contributed by atoms with Crippen LogP contribution in [0.5, 0.6) is 0 Å². The van der Waals surface area contributed by atoms with E-state index >= 15 is 0 Å². The summed E-state index contributed by atoms with van der Waals surface area (Å²) in [4.78, 5) is 16.6. The SMILES string of the molecule is BCn1c(C(=O)OCc2ccccc2)nc2ccccc21. The third-order valence-corrected chi connectivity index (χ3v) is 3.37. The van der Waals surface area contributed by atoms with Crippen LogP contribution in [0.15, 0.2) is 54.6 Å². The molecule has 0 aliphatic carbocycles. The van der Waals surface area contributed by atoms with E-state index in [1.165, 1.54) is 0 Å². The highest BCUT2D eigenvalue weighted by Gasteiger charge is 2.17. The fourth-order valence-electron chi connectivity index (χ4n) is 2.34. The Morgan fingerprint density at radius 2 is 1.81 bits per heavy atom. The van der Waals surface area contributed by atoms with E-state index in [4.69, 9.17) is 4.74 Å². The number of para-hydroxylation sites is 2. The van der Waals surface area contributed by atoms with E-state index in [0.717, 1.165) is 16.6 Å².